The van der Waals surface area contributed by atoms with Crippen LogP contribution in [0.3, 0.4) is 0 Å². The summed E-state index contributed by atoms with van der Waals surface area (Å²) in [6.07, 6.45) is 0.948. The van der Waals surface area contributed by atoms with Crippen LogP contribution in [0.2, 0.25) is 0 Å². The molecule has 0 saturated heterocycles. The Labute approximate surface area is 199 Å². The molecule has 0 atom stereocenters. The number of para-hydroxylation sites is 1. The van der Waals surface area contributed by atoms with Crippen molar-refractivity contribution in [1.29, 1.82) is 0 Å². The largest absolute Gasteiger partial charge is 0.496 e. The normalized spacial score (nSPS) is 11.2. The van der Waals surface area contributed by atoms with Gasteiger partial charge in [0.05, 0.1) is 23.0 Å². The number of halogens is 2. The summed E-state index contributed by atoms with van der Waals surface area (Å²) in [6.45, 7) is 0.859. The molecule has 3 aromatic carbocycles. The van der Waals surface area contributed by atoms with Gasteiger partial charge in [0.15, 0.2) is 4.80 Å². The van der Waals surface area contributed by atoms with Crippen molar-refractivity contribution in [2.24, 2.45) is 4.99 Å². The third-order valence-electron chi connectivity index (χ3n) is 4.69. The van der Waals surface area contributed by atoms with Crippen LogP contribution in [0.25, 0.3) is 11.3 Å². The zero-order chi connectivity index (χ0) is 20.1. The number of ether oxygens (including phenoxy) is 1. The highest BCUT2D eigenvalue weighted by Gasteiger charge is 2.11. The van der Waals surface area contributed by atoms with E-state index in [1.165, 1.54) is 5.56 Å². The molecular formula is C24H22Br2N2OS. The molecule has 1 aromatic heterocycles. The highest BCUT2D eigenvalue weighted by atomic mass is 79.9. The van der Waals surface area contributed by atoms with Crippen molar-refractivity contribution in [3.63, 3.8) is 0 Å². The fourth-order valence-corrected chi connectivity index (χ4v) is 4.69. The molecule has 3 nitrogen and oxygen atoms in total. The van der Waals surface area contributed by atoms with E-state index < -0.39 is 0 Å². The van der Waals surface area contributed by atoms with Crippen molar-refractivity contribution in [3.05, 3.63) is 99.1 Å². The van der Waals surface area contributed by atoms with Gasteiger partial charge in [0.2, 0.25) is 0 Å². The quantitative estimate of drug-likeness (QED) is 0.255. The Morgan fingerprint density at radius 3 is 2.33 bits per heavy atom. The Morgan fingerprint density at radius 2 is 1.67 bits per heavy atom. The number of thiazole rings is 1. The molecule has 0 aliphatic rings. The molecule has 0 radical (unpaired) electrons. The van der Waals surface area contributed by atoms with Crippen LogP contribution in [-0.2, 0) is 13.0 Å². The van der Waals surface area contributed by atoms with Gasteiger partial charge in [-0.3, -0.25) is 0 Å². The minimum Gasteiger partial charge on any atom is -0.496 e. The summed E-state index contributed by atoms with van der Waals surface area (Å²) in [5.41, 5.74) is 4.57. The van der Waals surface area contributed by atoms with Gasteiger partial charge in [0, 0.05) is 17.5 Å². The van der Waals surface area contributed by atoms with Gasteiger partial charge in [-0.15, -0.1) is 28.3 Å². The first-order chi connectivity index (χ1) is 14.2. The minimum atomic E-state index is 0. The van der Waals surface area contributed by atoms with Crippen molar-refractivity contribution in [2.45, 2.75) is 13.0 Å². The lowest BCUT2D eigenvalue weighted by Crippen LogP contribution is -2.17. The average Bonchev–Trinajstić information content (AvgIpc) is 3.16. The second kappa shape index (κ2) is 10.8. The smallest absolute Gasteiger partial charge is 0.190 e. The maximum absolute atomic E-state index is 5.39. The summed E-state index contributed by atoms with van der Waals surface area (Å²) < 4.78 is 8.63. The van der Waals surface area contributed by atoms with Gasteiger partial charge < -0.3 is 9.30 Å². The first-order valence-electron chi connectivity index (χ1n) is 9.40. The fraction of sp³-hybridized carbons (Fsp3) is 0.125. The Hall–Kier alpha value is -2.15. The van der Waals surface area contributed by atoms with E-state index in [9.17, 15) is 0 Å². The van der Waals surface area contributed by atoms with Gasteiger partial charge in [0.1, 0.15) is 5.75 Å². The van der Waals surface area contributed by atoms with Crippen molar-refractivity contribution in [1.82, 2.24) is 4.57 Å². The van der Waals surface area contributed by atoms with Crippen LogP contribution in [0.4, 0.5) is 5.69 Å². The number of aromatic nitrogens is 1. The zero-order valence-electron chi connectivity index (χ0n) is 16.5. The molecule has 0 aliphatic carbocycles. The van der Waals surface area contributed by atoms with Crippen molar-refractivity contribution in [3.8, 4) is 17.0 Å². The van der Waals surface area contributed by atoms with Crippen LogP contribution in [0.5, 0.6) is 5.75 Å². The molecule has 0 N–H and O–H groups in total. The molecule has 1 heterocycles. The first-order valence-corrected chi connectivity index (χ1v) is 11.1. The summed E-state index contributed by atoms with van der Waals surface area (Å²) in [6, 6.07) is 26.9. The van der Waals surface area contributed by atoms with Crippen LogP contribution >= 0.6 is 44.2 Å². The number of methoxy groups -OCH3 is 1. The molecule has 6 heteroatoms. The van der Waals surface area contributed by atoms with E-state index in [4.69, 9.17) is 9.73 Å². The van der Waals surface area contributed by atoms with Crippen molar-refractivity contribution >= 4 is 49.9 Å². The van der Waals surface area contributed by atoms with E-state index in [0.29, 0.717) is 0 Å². The summed E-state index contributed by atoms with van der Waals surface area (Å²) in [5, 5.41) is 2.18. The minimum absolute atomic E-state index is 0. The third kappa shape index (κ3) is 5.31. The van der Waals surface area contributed by atoms with Gasteiger partial charge in [-0.05, 0) is 58.2 Å². The average molecular weight is 546 g/mol. The number of hydrogen-bond acceptors (Lipinski definition) is 3. The molecule has 0 bridgehead atoms. The summed E-state index contributed by atoms with van der Waals surface area (Å²) >= 11 is 5.28. The van der Waals surface area contributed by atoms with Gasteiger partial charge in [-0.2, -0.15) is 0 Å². The van der Waals surface area contributed by atoms with E-state index in [1.807, 2.05) is 36.4 Å². The monoisotopic (exact) mass is 544 g/mol. The Kier molecular flexibility index (Phi) is 8.08. The standard InChI is InChI=1S/C24H21BrN2OS.BrH/c1-28-23-13-12-19(16-21(23)25)22-17-29-24(26-20-10-6-3-7-11-20)27(22)15-14-18-8-4-2-5-9-18;/h2-13,16-17H,14-15H2,1H3;1H. The van der Waals surface area contributed by atoms with Crippen molar-refractivity contribution in [2.75, 3.05) is 7.11 Å². The van der Waals surface area contributed by atoms with E-state index in [2.05, 4.69) is 68.3 Å². The Balaban J connectivity index is 0.00000256. The summed E-state index contributed by atoms with van der Waals surface area (Å²) in [5.74, 6) is 0.828. The summed E-state index contributed by atoms with van der Waals surface area (Å²) in [7, 11) is 1.68. The molecule has 0 saturated carbocycles. The third-order valence-corrected chi connectivity index (χ3v) is 6.18. The topological polar surface area (TPSA) is 26.5 Å². The second-order valence-corrected chi connectivity index (χ2v) is 8.28. The molecule has 0 aliphatic heterocycles. The van der Waals surface area contributed by atoms with Crippen LogP contribution in [0, 0.1) is 0 Å². The first kappa shape index (κ1) is 22.5. The number of aryl methyl sites for hydroxylation is 1. The molecule has 0 amide bonds. The molecule has 0 spiro atoms. The molecule has 154 valence electrons. The van der Waals surface area contributed by atoms with Gasteiger partial charge >= 0.3 is 0 Å². The lowest BCUT2D eigenvalue weighted by molar-refractivity contribution is 0.412. The number of rotatable bonds is 6. The molecule has 30 heavy (non-hydrogen) atoms. The molecule has 0 unspecified atom stereocenters. The second-order valence-electron chi connectivity index (χ2n) is 6.59. The fourth-order valence-electron chi connectivity index (χ4n) is 3.19. The number of hydrogen-bond donors (Lipinski definition) is 0. The maximum Gasteiger partial charge on any atom is 0.190 e. The van der Waals surface area contributed by atoms with Gasteiger partial charge in [-0.25, -0.2) is 4.99 Å². The van der Waals surface area contributed by atoms with E-state index in [1.54, 1.807) is 18.4 Å². The lowest BCUT2D eigenvalue weighted by Gasteiger charge is -2.11. The van der Waals surface area contributed by atoms with Crippen LogP contribution in [0.1, 0.15) is 5.56 Å². The number of benzene rings is 3. The van der Waals surface area contributed by atoms with Crippen LogP contribution < -0.4 is 9.54 Å². The lowest BCUT2D eigenvalue weighted by atomic mass is 10.1. The predicted octanol–water partition coefficient (Wildman–Crippen LogP) is 7.04. The summed E-state index contributed by atoms with van der Waals surface area (Å²) in [4.78, 5) is 5.90. The Morgan fingerprint density at radius 1 is 0.967 bits per heavy atom. The van der Waals surface area contributed by atoms with E-state index >= 15 is 0 Å². The number of nitrogens with zero attached hydrogens (tertiary/aromatic N) is 2. The van der Waals surface area contributed by atoms with E-state index in [-0.39, 0.29) is 17.0 Å². The molecular weight excluding hydrogens is 524 g/mol. The zero-order valence-corrected chi connectivity index (χ0v) is 20.6. The van der Waals surface area contributed by atoms with Crippen molar-refractivity contribution < 1.29 is 4.74 Å². The SMILES string of the molecule is Br.COc1ccc(-c2csc(=Nc3ccccc3)n2CCc2ccccc2)cc1Br. The maximum atomic E-state index is 5.39. The highest BCUT2D eigenvalue weighted by molar-refractivity contribution is 9.10. The van der Waals surface area contributed by atoms with Crippen LogP contribution in [-0.4, -0.2) is 11.7 Å². The highest BCUT2D eigenvalue weighted by Crippen LogP contribution is 2.31. The molecule has 4 rings (SSSR count). The van der Waals surface area contributed by atoms with Crippen LogP contribution in [0.15, 0.2) is 93.7 Å². The molecule has 0 fully saturated rings. The van der Waals surface area contributed by atoms with Gasteiger partial charge in [-0.1, -0.05) is 48.5 Å². The van der Waals surface area contributed by atoms with E-state index in [0.717, 1.165) is 44.9 Å². The Bertz CT molecular complexity index is 1150. The predicted molar refractivity (Wildman–Crippen MR) is 134 cm³/mol. The molecule has 4 aromatic rings. The van der Waals surface area contributed by atoms with Gasteiger partial charge in [0.25, 0.3) is 0 Å².